The molecule has 1 N–H and O–H groups in total. The van der Waals surface area contributed by atoms with Gasteiger partial charge in [0.15, 0.2) is 0 Å². The summed E-state index contributed by atoms with van der Waals surface area (Å²) in [6.07, 6.45) is 0. The second-order valence-electron chi connectivity index (χ2n) is 3.57. The molecule has 0 aliphatic heterocycles. The van der Waals surface area contributed by atoms with Gasteiger partial charge in [-0.05, 0) is 19.9 Å². The predicted octanol–water partition coefficient (Wildman–Crippen LogP) is 2.10. The molecule has 0 atom stereocenters. The lowest BCUT2D eigenvalue weighted by molar-refractivity contribution is -0.387. The highest BCUT2D eigenvalue weighted by Crippen LogP contribution is 2.30. The molecule has 4 nitrogen and oxygen atoms in total. The van der Waals surface area contributed by atoms with Crippen molar-refractivity contribution in [2.24, 2.45) is 0 Å². The van der Waals surface area contributed by atoms with E-state index in [-0.39, 0.29) is 0 Å². The molecule has 0 aromatic heterocycles. The molecule has 15 heavy (non-hydrogen) atoms. The first-order chi connectivity index (χ1) is 6.75. The number of benzene rings is 1. The van der Waals surface area contributed by atoms with Gasteiger partial charge in [0.1, 0.15) is 5.82 Å². The monoisotopic (exact) mass is 217 g/mol. The molecule has 0 saturated heterocycles. The Labute approximate surface area is 84.3 Å². The first kappa shape index (κ1) is 11.5. The van der Waals surface area contributed by atoms with Crippen molar-refractivity contribution in [1.82, 2.24) is 0 Å². The van der Waals surface area contributed by atoms with Crippen molar-refractivity contribution in [1.29, 1.82) is 0 Å². The molecule has 0 radical (unpaired) electrons. The minimum atomic E-state index is -1.81. The largest absolute Gasteiger partial charge is 0.386 e. The van der Waals surface area contributed by atoms with Crippen LogP contribution in [0.1, 0.15) is 19.4 Å². The fraction of sp³-hybridized carbons (Fsp3) is 0.333. The first-order valence-electron chi connectivity index (χ1n) is 4.10. The second kappa shape index (κ2) is 3.54. The summed E-state index contributed by atoms with van der Waals surface area (Å²) in [7, 11) is 0. The number of nitro benzene ring substituents is 1. The lowest BCUT2D eigenvalue weighted by atomic mass is 9.96. The Balaban J connectivity index is 3.51. The van der Waals surface area contributed by atoms with Gasteiger partial charge in [0.05, 0.1) is 16.1 Å². The number of aliphatic hydroxyl groups is 1. The first-order valence-corrected chi connectivity index (χ1v) is 4.10. The number of nitro groups is 1. The van der Waals surface area contributed by atoms with Crippen molar-refractivity contribution in [2.75, 3.05) is 0 Å². The van der Waals surface area contributed by atoms with Crippen molar-refractivity contribution in [2.45, 2.75) is 19.4 Å². The van der Waals surface area contributed by atoms with Gasteiger partial charge < -0.3 is 5.11 Å². The summed E-state index contributed by atoms with van der Waals surface area (Å²) >= 11 is 0. The lowest BCUT2D eigenvalue weighted by Crippen LogP contribution is -2.20. The van der Waals surface area contributed by atoms with Crippen LogP contribution in [0.3, 0.4) is 0 Å². The Hall–Kier alpha value is -1.56. The summed E-state index contributed by atoms with van der Waals surface area (Å²) in [4.78, 5) is 9.41. The van der Waals surface area contributed by atoms with Gasteiger partial charge in [0.2, 0.25) is 5.82 Å². The molecule has 0 saturated carbocycles. The van der Waals surface area contributed by atoms with E-state index < -0.39 is 33.4 Å². The maximum Gasteiger partial charge on any atom is 0.305 e. The topological polar surface area (TPSA) is 63.4 Å². The summed E-state index contributed by atoms with van der Waals surface area (Å²) < 4.78 is 26.6. The van der Waals surface area contributed by atoms with Crippen LogP contribution in [0.2, 0.25) is 0 Å². The average molecular weight is 217 g/mol. The van der Waals surface area contributed by atoms with E-state index in [4.69, 9.17) is 0 Å². The van der Waals surface area contributed by atoms with E-state index in [2.05, 4.69) is 0 Å². The summed E-state index contributed by atoms with van der Waals surface area (Å²) in [6, 6.07) is 1.48. The fourth-order valence-electron chi connectivity index (χ4n) is 1.24. The Kier molecular flexibility index (Phi) is 2.72. The van der Waals surface area contributed by atoms with E-state index in [1.807, 2.05) is 0 Å². The van der Waals surface area contributed by atoms with E-state index in [1.165, 1.54) is 0 Å². The normalized spacial score (nSPS) is 11.5. The number of hydrogen-bond donors (Lipinski definition) is 1. The van der Waals surface area contributed by atoms with E-state index in [9.17, 15) is 24.0 Å². The van der Waals surface area contributed by atoms with Crippen molar-refractivity contribution in [3.05, 3.63) is 39.4 Å². The van der Waals surface area contributed by atoms with Gasteiger partial charge >= 0.3 is 5.69 Å². The molecule has 0 heterocycles. The number of halogens is 2. The third-order valence-corrected chi connectivity index (χ3v) is 1.88. The van der Waals surface area contributed by atoms with E-state index in [0.29, 0.717) is 0 Å². The van der Waals surface area contributed by atoms with E-state index in [0.717, 1.165) is 26.0 Å². The quantitative estimate of drug-likeness (QED) is 0.609. The molecule has 0 amide bonds. The molecule has 1 rings (SSSR count). The number of nitrogens with zero attached hydrogens (tertiary/aromatic N) is 1. The molecule has 6 heteroatoms. The van der Waals surface area contributed by atoms with Gasteiger partial charge in [0, 0.05) is 6.07 Å². The minimum Gasteiger partial charge on any atom is -0.386 e. The number of hydrogen-bond acceptors (Lipinski definition) is 3. The smallest absolute Gasteiger partial charge is 0.305 e. The third-order valence-electron chi connectivity index (χ3n) is 1.88. The molecule has 0 spiro atoms. The van der Waals surface area contributed by atoms with Crippen LogP contribution in [0, 0.1) is 21.7 Å². The molecule has 0 aliphatic carbocycles. The van der Waals surface area contributed by atoms with Crippen LogP contribution < -0.4 is 0 Å². The average Bonchev–Trinajstić information content (AvgIpc) is 2.00. The molecule has 1 aromatic rings. The molecular weight excluding hydrogens is 208 g/mol. The molecule has 1 aromatic carbocycles. The highest BCUT2D eigenvalue weighted by molar-refractivity contribution is 5.40. The zero-order valence-electron chi connectivity index (χ0n) is 8.12. The highest BCUT2D eigenvalue weighted by Gasteiger charge is 2.30. The van der Waals surface area contributed by atoms with Crippen molar-refractivity contribution >= 4 is 5.69 Å². The van der Waals surface area contributed by atoms with Crippen LogP contribution in [0.4, 0.5) is 14.5 Å². The Morgan fingerprint density at radius 1 is 1.40 bits per heavy atom. The Morgan fingerprint density at radius 3 is 2.33 bits per heavy atom. The molecule has 0 bridgehead atoms. The zero-order chi connectivity index (χ0) is 11.8. The predicted molar refractivity (Wildman–Crippen MR) is 48.3 cm³/mol. The van der Waals surface area contributed by atoms with Crippen LogP contribution in [0.5, 0.6) is 0 Å². The van der Waals surface area contributed by atoms with E-state index >= 15 is 0 Å². The standard InChI is InChI=1S/C9H9F2NO3/c1-9(2,13)7-5(10)3-4-6(8(7)11)12(14)15/h3-4,13H,1-2H3. The van der Waals surface area contributed by atoms with Gasteiger partial charge in [-0.3, -0.25) is 10.1 Å². The zero-order valence-corrected chi connectivity index (χ0v) is 8.12. The molecule has 82 valence electrons. The summed E-state index contributed by atoms with van der Waals surface area (Å²) in [5.41, 5.74) is -3.36. The molecular formula is C9H9F2NO3. The van der Waals surface area contributed by atoms with Gasteiger partial charge in [-0.1, -0.05) is 0 Å². The van der Waals surface area contributed by atoms with Crippen LogP contribution in [-0.4, -0.2) is 10.0 Å². The highest BCUT2D eigenvalue weighted by atomic mass is 19.1. The van der Waals surface area contributed by atoms with Crippen molar-refractivity contribution in [3.63, 3.8) is 0 Å². The molecule has 0 fully saturated rings. The third kappa shape index (κ3) is 2.10. The van der Waals surface area contributed by atoms with Gasteiger partial charge in [0.25, 0.3) is 0 Å². The molecule has 0 aliphatic rings. The SMILES string of the molecule is CC(C)(O)c1c(F)ccc([N+](=O)[O-])c1F. The Morgan fingerprint density at radius 2 is 1.93 bits per heavy atom. The molecule has 0 unspecified atom stereocenters. The van der Waals surface area contributed by atoms with Crippen molar-refractivity contribution in [3.8, 4) is 0 Å². The summed E-state index contributed by atoms with van der Waals surface area (Å²) in [5.74, 6) is -2.35. The number of rotatable bonds is 2. The van der Waals surface area contributed by atoms with Gasteiger partial charge in [-0.25, -0.2) is 4.39 Å². The summed E-state index contributed by atoms with van der Waals surface area (Å²) in [5, 5.41) is 19.8. The van der Waals surface area contributed by atoms with Crippen LogP contribution in [0.25, 0.3) is 0 Å². The minimum absolute atomic E-state index is 0.698. The lowest BCUT2D eigenvalue weighted by Gasteiger charge is -2.18. The maximum atomic E-state index is 13.4. The van der Waals surface area contributed by atoms with Gasteiger partial charge in [-0.2, -0.15) is 4.39 Å². The van der Waals surface area contributed by atoms with Crippen molar-refractivity contribution < 1.29 is 18.8 Å². The Bertz CT molecular complexity index is 413. The maximum absolute atomic E-state index is 13.4. The van der Waals surface area contributed by atoms with Crippen LogP contribution in [0.15, 0.2) is 12.1 Å². The summed E-state index contributed by atoms with van der Waals surface area (Å²) in [6.45, 7) is 2.30. The van der Waals surface area contributed by atoms with Crippen LogP contribution >= 0.6 is 0 Å². The fourth-order valence-corrected chi connectivity index (χ4v) is 1.24. The van der Waals surface area contributed by atoms with Gasteiger partial charge in [-0.15, -0.1) is 0 Å². The van der Waals surface area contributed by atoms with Crippen LogP contribution in [-0.2, 0) is 5.60 Å². The second-order valence-corrected chi connectivity index (χ2v) is 3.57. The van der Waals surface area contributed by atoms with E-state index in [1.54, 1.807) is 0 Å².